The molecule has 0 saturated carbocycles. The fourth-order valence-corrected chi connectivity index (χ4v) is 4.99. The zero-order chi connectivity index (χ0) is 19.8. The van der Waals surface area contributed by atoms with Crippen molar-refractivity contribution in [3.05, 3.63) is 65.4 Å². The van der Waals surface area contributed by atoms with Gasteiger partial charge >= 0.3 is 0 Å². The molecule has 2 aromatic carbocycles. The number of H-pyrrole nitrogens is 1. The second-order valence-corrected chi connectivity index (χ2v) is 8.21. The van der Waals surface area contributed by atoms with Crippen LogP contribution in [0, 0.1) is 0 Å². The van der Waals surface area contributed by atoms with Crippen LogP contribution in [0.4, 0.5) is 0 Å². The van der Waals surface area contributed by atoms with E-state index in [0.29, 0.717) is 6.42 Å². The van der Waals surface area contributed by atoms with E-state index in [9.17, 15) is 4.79 Å². The van der Waals surface area contributed by atoms with Gasteiger partial charge in [-0.25, -0.2) is 0 Å². The molecular formula is C24H27N3O2. The molecule has 2 aliphatic heterocycles. The molecule has 3 heterocycles. The van der Waals surface area contributed by atoms with Crippen LogP contribution in [0.5, 0.6) is 5.75 Å². The maximum Gasteiger partial charge on any atom is 0.164 e. The van der Waals surface area contributed by atoms with Gasteiger partial charge in [0.05, 0.1) is 12.6 Å². The van der Waals surface area contributed by atoms with Crippen LogP contribution < -0.4 is 10.1 Å². The maximum atomic E-state index is 12.5. The number of aromatic amines is 1. The van der Waals surface area contributed by atoms with Gasteiger partial charge in [0.25, 0.3) is 0 Å². The highest BCUT2D eigenvalue weighted by molar-refractivity contribution is 5.96. The first kappa shape index (κ1) is 18.4. The van der Waals surface area contributed by atoms with Gasteiger partial charge in [-0.05, 0) is 36.6 Å². The molecule has 2 aliphatic rings. The molecule has 5 rings (SSSR count). The molecule has 1 unspecified atom stereocenters. The van der Waals surface area contributed by atoms with Crippen molar-refractivity contribution in [2.75, 3.05) is 33.3 Å². The first-order valence-electron chi connectivity index (χ1n) is 10.4. The molecule has 1 atom stereocenters. The summed E-state index contributed by atoms with van der Waals surface area (Å²) in [5, 5.41) is 5.08. The lowest BCUT2D eigenvalue weighted by atomic mass is 9.86. The highest BCUT2D eigenvalue weighted by Gasteiger charge is 2.44. The Morgan fingerprint density at radius 2 is 2.07 bits per heavy atom. The van der Waals surface area contributed by atoms with Gasteiger partial charge in [0.1, 0.15) is 5.75 Å². The number of methoxy groups -OCH3 is 1. The van der Waals surface area contributed by atoms with Crippen LogP contribution in [0.3, 0.4) is 0 Å². The van der Waals surface area contributed by atoms with Crippen molar-refractivity contribution < 1.29 is 9.53 Å². The third-order valence-corrected chi connectivity index (χ3v) is 6.53. The van der Waals surface area contributed by atoms with Crippen molar-refractivity contribution in [1.29, 1.82) is 0 Å². The Morgan fingerprint density at radius 1 is 1.21 bits per heavy atom. The first-order chi connectivity index (χ1) is 14.2. The average molecular weight is 389 g/mol. The van der Waals surface area contributed by atoms with E-state index in [2.05, 4.69) is 27.3 Å². The number of Topliss-reactive ketones (excluding diaryl/α,β-unsaturated/α-hetero) is 1. The van der Waals surface area contributed by atoms with Crippen LogP contribution in [0.1, 0.15) is 34.5 Å². The van der Waals surface area contributed by atoms with E-state index in [1.54, 1.807) is 7.11 Å². The summed E-state index contributed by atoms with van der Waals surface area (Å²) in [7, 11) is 1.72. The monoisotopic (exact) mass is 389 g/mol. The number of carbonyl (C=O) groups excluding carboxylic acids is 1. The Kier molecular flexibility index (Phi) is 4.64. The Balaban J connectivity index is 1.35. The average Bonchev–Trinajstić information content (AvgIpc) is 3.35. The number of fused-ring (bicyclic) bond motifs is 4. The predicted molar refractivity (Wildman–Crippen MR) is 115 cm³/mol. The molecule has 3 aromatic rings. The number of hydrogen-bond acceptors (Lipinski definition) is 4. The molecule has 5 heteroatoms. The van der Waals surface area contributed by atoms with Gasteiger partial charge < -0.3 is 19.9 Å². The van der Waals surface area contributed by atoms with Crippen molar-refractivity contribution in [2.24, 2.45) is 0 Å². The number of rotatable bonds is 5. The molecule has 0 amide bonds. The van der Waals surface area contributed by atoms with E-state index >= 15 is 0 Å². The van der Waals surface area contributed by atoms with Crippen LogP contribution in [0.25, 0.3) is 10.9 Å². The largest absolute Gasteiger partial charge is 0.497 e. The van der Waals surface area contributed by atoms with E-state index in [0.717, 1.165) is 50.3 Å². The molecule has 5 nitrogen and oxygen atoms in total. The molecule has 150 valence electrons. The number of nitrogens with one attached hydrogen (secondary N) is 2. The predicted octanol–water partition coefficient (Wildman–Crippen LogP) is 3.50. The Hall–Kier alpha value is -2.63. The van der Waals surface area contributed by atoms with Gasteiger partial charge in [0, 0.05) is 54.8 Å². The normalized spacial score (nSPS) is 21.6. The van der Waals surface area contributed by atoms with Crippen molar-refractivity contribution in [2.45, 2.75) is 24.8 Å². The van der Waals surface area contributed by atoms with Gasteiger partial charge in [0.2, 0.25) is 0 Å². The van der Waals surface area contributed by atoms with E-state index < -0.39 is 0 Å². The fraction of sp³-hybridized carbons (Fsp3) is 0.375. The molecule has 1 aromatic heterocycles. The van der Waals surface area contributed by atoms with E-state index in [4.69, 9.17) is 4.74 Å². The van der Waals surface area contributed by atoms with Crippen molar-refractivity contribution in [3.8, 4) is 5.75 Å². The molecule has 0 radical (unpaired) electrons. The third kappa shape index (κ3) is 3.24. The summed E-state index contributed by atoms with van der Waals surface area (Å²) >= 11 is 0. The molecule has 1 saturated heterocycles. The van der Waals surface area contributed by atoms with Crippen molar-refractivity contribution >= 4 is 16.7 Å². The number of ether oxygens (including phenoxy) is 1. The summed E-state index contributed by atoms with van der Waals surface area (Å²) in [4.78, 5) is 18.6. The van der Waals surface area contributed by atoms with Crippen LogP contribution in [0.15, 0.2) is 48.5 Å². The summed E-state index contributed by atoms with van der Waals surface area (Å²) in [6.07, 6.45) is 2.65. The first-order valence-corrected chi connectivity index (χ1v) is 10.4. The highest BCUT2D eigenvalue weighted by Crippen LogP contribution is 2.40. The van der Waals surface area contributed by atoms with E-state index in [1.165, 1.54) is 22.2 Å². The van der Waals surface area contributed by atoms with Crippen molar-refractivity contribution in [3.63, 3.8) is 0 Å². The smallest absolute Gasteiger partial charge is 0.164 e. The number of benzene rings is 2. The van der Waals surface area contributed by atoms with Gasteiger partial charge in [-0.2, -0.15) is 0 Å². The summed E-state index contributed by atoms with van der Waals surface area (Å²) in [5.41, 5.74) is 4.68. The zero-order valence-corrected chi connectivity index (χ0v) is 16.8. The number of hydrogen-bond donors (Lipinski definition) is 2. The Bertz CT molecular complexity index is 1040. The summed E-state index contributed by atoms with van der Waals surface area (Å²) < 4.78 is 5.44. The quantitative estimate of drug-likeness (QED) is 0.656. The van der Waals surface area contributed by atoms with Gasteiger partial charge in [-0.3, -0.25) is 4.79 Å². The number of ketones is 1. The Labute approximate surface area is 171 Å². The lowest BCUT2D eigenvalue weighted by Crippen LogP contribution is -2.49. The zero-order valence-electron chi connectivity index (χ0n) is 16.8. The SMILES string of the molecule is COc1ccc2[nH]c3c(c2c1)CCNC31CCN(CCC(=O)c2ccccc2)C1. The van der Waals surface area contributed by atoms with Crippen LogP contribution in [-0.4, -0.2) is 49.0 Å². The maximum absolute atomic E-state index is 12.5. The fourth-order valence-electron chi connectivity index (χ4n) is 4.99. The molecular weight excluding hydrogens is 362 g/mol. The second kappa shape index (κ2) is 7.32. The molecule has 1 fully saturated rings. The van der Waals surface area contributed by atoms with E-state index in [-0.39, 0.29) is 11.3 Å². The van der Waals surface area contributed by atoms with E-state index in [1.807, 2.05) is 36.4 Å². The summed E-state index contributed by atoms with van der Waals surface area (Å²) in [5.74, 6) is 1.13. The summed E-state index contributed by atoms with van der Waals surface area (Å²) in [6.45, 7) is 3.73. The standard InChI is InChI=1S/C24H27N3O2/c1-29-18-7-8-21-20(15-18)19-9-12-25-24(23(19)26-21)11-14-27(16-24)13-10-22(28)17-5-3-2-4-6-17/h2-8,15,25-26H,9-14,16H2,1H3. The van der Waals surface area contributed by atoms with Gasteiger partial charge in [-0.15, -0.1) is 0 Å². The number of nitrogens with zero attached hydrogens (tertiary/aromatic N) is 1. The molecule has 2 N–H and O–H groups in total. The third-order valence-electron chi connectivity index (χ3n) is 6.53. The molecule has 1 spiro atoms. The minimum atomic E-state index is -0.0460. The van der Waals surface area contributed by atoms with Crippen molar-refractivity contribution in [1.82, 2.24) is 15.2 Å². The van der Waals surface area contributed by atoms with Gasteiger partial charge in [0.15, 0.2) is 5.78 Å². The minimum Gasteiger partial charge on any atom is -0.497 e. The number of likely N-dealkylation sites (tertiary alicyclic amines) is 1. The highest BCUT2D eigenvalue weighted by atomic mass is 16.5. The lowest BCUT2D eigenvalue weighted by molar-refractivity contribution is 0.0967. The van der Waals surface area contributed by atoms with Crippen LogP contribution in [0.2, 0.25) is 0 Å². The topological polar surface area (TPSA) is 57.4 Å². The molecule has 29 heavy (non-hydrogen) atoms. The van der Waals surface area contributed by atoms with Crippen LogP contribution >= 0.6 is 0 Å². The minimum absolute atomic E-state index is 0.0460. The lowest BCUT2D eigenvalue weighted by Gasteiger charge is -2.35. The number of aromatic nitrogens is 1. The Morgan fingerprint density at radius 3 is 2.90 bits per heavy atom. The molecule has 0 bridgehead atoms. The summed E-state index contributed by atoms with van der Waals surface area (Å²) in [6, 6.07) is 15.9. The molecule has 0 aliphatic carbocycles. The number of carbonyl (C=O) groups is 1. The second-order valence-electron chi connectivity index (χ2n) is 8.21. The van der Waals surface area contributed by atoms with Crippen LogP contribution in [-0.2, 0) is 12.0 Å². The van der Waals surface area contributed by atoms with Gasteiger partial charge in [-0.1, -0.05) is 30.3 Å².